The molecule has 0 aromatic heterocycles. The van der Waals surface area contributed by atoms with Crippen molar-refractivity contribution in [2.75, 3.05) is 20.6 Å². The lowest BCUT2D eigenvalue weighted by molar-refractivity contribution is -0.129. The number of carbonyl (C=O) groups is 1. The second kappa shape index (κ2) is 6.19. The highest BCUT2D eigenvalue weighted by Crippen LogP contribution is 2.37. The number of nitrogens with one attached hydrogen (secondary N) is 1. The van der Waals surface area contributed by atoms with E-state index in [4.69, 9.17) is 0 Å². The summed E-state index contributed by atoms with van der Waals surface area (Å²) in [7, 11) is 3.99. The summed E-state index contributed by atoms with van der Waals surface area (Å²) in [4.78, 5) is 14.4. The van der Waals surface area contributed by atoms with Gasteiger partial charge in [-0.05, 0) is 32.9 Å². The summed E-state index contributed by atoms with van der Waals surface area (Å²) in [6.07, 6.45) is 3.40. The maximum absolute atomic E-state index is 12.3. The standard InChI is InChI=1S/C14H25N3O/c1-11(2)12(9-17(3)4)16-13(18)14(10-15)7-5-6-8-14/h11-12H,5-9H2,1-4H3,(H,16,18). The molecule has 1 unspecified atom stereocenters. The quantitative estimate of drug-likeness (QED) is 0.810. The van der Waals surface area contributed by atoms with Gasteiger partial charge in [0.15, 0.2) is 0 Å². The van der Waals surface area contributed by atoms with Crippen LogP contribution < -0.4 is 5.32 Å². The van der Waals surface area contributed by atoms with E-state index in [-0.39, 0.29) is 11.9 Å². The van der Waals surface area contributed by atoms with E-state index in [1.54, 1.807) is 0 Å². The summed E-state index contributed by atoms with van der Waals surface area (Å²) in [6.45, 7) is 5.01. The van der Waals surface area contributed by atoms with Crippen molar-refractivity contribution in [2.45, 2.75) is 45.6 Å². The van der Waals surface area contributed by atoms with E-state index < -0.39 is 5.41 Å². The van der Waals surface area contributed by atoms with Crippen LogP contribution >= 0.6 is 0 Å². The molecule has 0 radical (unpaired) electrons. The Labute approximate surface area is 110 Å². The van der Waals surface area contributed by atoms with Crippen LogP contribution in [-0.2, 0) is 4.79 Å². The Bertz CT molecular complexity index is 324. The molecule has 18 heavy (non-hydrogen) atoms. The van der Waals surface area contributed by atoms with Crippen molar-refractivity contribution in [2.24, 2.45) is 11.3 Å². The van der Waals surface area contributed by atoms with Crippen LogP contribution in [0.25, 0.3) is 0 Å². The minimum absolute atomic E-state index is 0.0666. The Morgan fingerprint density at radius 3 is 2.33 bits per heavy atom. The molecule has 1 N–H and O–H groups in total. The van der Waals surface area contributed by atoms with Crippen LogP contribution in [0.15, 0.2) is 0 Å². The van der Waals surface area contributed by atoms with Crippen LogP contribution in [0.1, 0.15) is 39.5 Å². The van der Waals surface area contributed by atoms with Crippen LogP contribution in [-0.4, -0.2) is 37.5 Å². The molecule has 0 aromatic rings. The van der Waals surface area contributed by atoms with Gasteiger partial charge in [-0.1, -0.05) is 26.7 Å². The van der Waals surface area contributed by atoms with Crippen molar-refractivity contribution in [3.8, 4) is 6.07 Å². The number of rotatable bonds is 5. The molecule has 1 saturated carbocycles. The zero-order valence-electron chi connectivity index (χ0n) is 12.0. The van der Waals surface area contributed by atoms with Gasteiger partial charge in [0.05, 0.1) is 6.07 Å². The van der Waals surface area contributed by atoms with E-state index >= 15 is 0 Å². The number of hydrogen-bond donors (Lipinski definition) is 1. The van der Waals surface area contributed by atoms with Gasteiger partial charge in [0.2, 0.25) is 5.91 Å². The number of amides is 1. The monoisotopic (exact) mass is 251 g/mol. The topological polar surface area (TPSA) is 56.1 Å². The summed E-state index contributed by atoms with van der Waals surface area (Å²) in [6, 6.07) is 2.36. The molecular weight excluding hydrogens is 226 g/mol. The predicted molar refractivity (Wildman–Crippen MR) is 71.8 cm³/mol. The first-order chi connectivity index (χ1) is 8.41. The molecule has 0 aromatic carbocycles. The van der Waals surface area contributed by atoms with Crippen LogP contribution in [0.2, 0.25) is 0 Å². The average molecular weight is 251 g/mol. The fraction of sp³-hybridized carbons (Fsp3) is 0.857. The van der Waals surface area contributed by atoms with E-state index in [2.05, 4.69) is 30.1 Å². The maximum Gasteiger partial charge on any atom is 0.240 e. The first-order valence-electron chi connectivity index (χ1n) is 6.78. The van der Waals surface area contributed by atoms with Crippen molar-refractivity contribution >= 4 is 5.91 Å². The van der Waals surface area contributed by atoms with Crippen molar-refractivity contribution in [3.05, 3.63) is 0 Å². The molecule has 1 aliphatic carbocycles. The first kappa shape index (κ1) is 15.0. The lowest BCUT2D eigenvalue weighted by Crippen LogP contribution is -2.49. The van der Waals surface area contributed by atoms with Gasteiger partial charge in [-0.15, -0.1) is 0 Å². The SMILES string of the molecule is CC(C)C(CN(C)C)NC(=O)C1(C#N)CCCC1. The Hall–Kier alpha value is -1.08. The fourth-order valence-corrected chi connectivity index (χ4v) is 2.49. The lowest BCUT2D eigenvalue weighted by Gasteiger charge is -2.29. The van der Waals surface area contributed by atoms with Crippen LogP contribution in [0.4, 0.5) is 0 Å². The van der Waals surface area contributed by atoms with Gasteiger partial charge in [-0.2, -0.15) is 5.26 Å². The Balaban J connectivity index is 2.69. The molecule has 1 aliphatic rings. The van der Waals surface area contributed by atoms with Crippen molar-refractivity contribution in [3.63, 3.8) is 0 Å². The maximum atomic E-state index is 12.3. The zero-order chi connectivity index (χ0) is 13.8. The molecule has 0 heterocycles. The van der Waals surface area contributed by atoms with E-state index in [0.717, 1.165) is 19.4 Å². The van der Waals surface area contributed by atoms with E-state index in [9.17, 15) is 10.1 Å². The third-order valence-electron chi connectivity index (χ3n) is 3.79. The summed E-state index contributed by atoms with van der Waals surface area (Å²) >= 11 is 0. The minimum Gasteiger partial charge on any atom is -0.350 e. The lowest BCUT2D eigenvalue weighted by atomic mass is 9.86. The van der Waals surface area contributed by atoms with Crippen molar-refractivity contribution in [1.29, 1.82) is 5.26 Å². The highest BCUT2D eigenvalue weighted by molar-refractivity contribution is 5.86. The molecule has 1 rings (SSSR count). The van der Waals surface area contributed by atoms with Gasteiger partial charge in [0, 0.05) is 12.6 Å². The highest BCUT2D eigenvalue weighted by Gasteiger charge is 2.42. The molecule has 4 nitrogen and oxygen atoms in total. The summed E-state index contributed by atoms with van der Waals surface area (Å²) in [5, 5.41) is 12.4. The molecule has 1 amide bonds. The number of nitriles is 1. The third-order valence-corrected chi connectivity index (χ3v) is 3.79. The highest BCUT2D eigenvalue weighted by atomic mass is 16.2. The Morgan fingerprint density at radius 2 is 1.94 bits per heavy atom. The smallest absolute Gasteiger partial charge is 0.240 e. The summed E-state index contributed by atoms with van der Waals surface area (Å²) in [5.41, 5.74) is -0.764. The molecule has 102 valence electrons. The molecule has 0 bridgehead atoms. The van der Waals surface area contributed by atoms with Gasteiger partial charge in [0.25, 0.3) is 0 Å². The minimum atomic E-state index is -0.764. The van der Waals surface area contributed by atoms with E-state index in [0.29, 0.717) is 18.8 Å². The molecule has 0 saturated heterocycles. The van der Waals surface area contributed by atoms with Gasteiger partial charge in [-0.25, -0.2) is 0 Å². The van der Waals surface area contributed by atoms with Gasteiger partial charge in [0.1, 0.15) is 5.41 Å². The number of likely N-dealkylation sites (N-methyl/N-ethyl adjacent to an activating group) is 1. The molecule has 1 fully saturated rings. The number of carbonyl (C=O) groups excluding carboxylic acids is 1. The molecular formula is C14H25N3O. The Morgan fingerprint density at radius 1 is 1.39 bits per heavy atom. The number of hydrogen-bond acceptors (Lipinski definition) is 3. The Kier molecular flexibility index (Phi) is 5.15. The van der Waals surface area contributed by atoms with E-state index in [1.165, 1.54) is 0 Å². The van der Waals surface area contributed by atoms with Crippen LogP contribution in [0.3, 0.4) is 0 Å². The van der Waals surface area contributed by atoms with Crippen molar-refractivity contribution < 1.29 is 4.79 Å². The molecule has 0 aliphatic heterocycles. The summed E-state index contributed by atoms with van der Waals surface area (Å²) < 4.78 is 0. The average Bonchev–Trinajstić information content (AvgIpc) is 2.77. The molecule has 4 heteroatoms. The second-order valence-electron chi connectivity index (χ2n) is 5.99. The zero-order valence-corrected chi connectivity index (χ0v) is 12.0. The molecule has 1 atom stereocenters. The van der Waals surface area contributed by atoms with Crippen LogP contribution in [0, 0.1) is 22.7 Å². The third kappa shape index (κ3) is 3.46. The number of nitrogens with zero attached hydrogens (tertiary/aromatic N) is 2. The second-order valence-corrected chi connectivity index (χ2v) is 5.99. The fourth-order valence-electron chi connectivity index (χ4n) is 2.49. The predicted octanol–water partition coefficient (Wildman–Crippen LogP) is 1.77. The van der Waals surface area contributed by atoms with Crippen molar-refractivity contribution in [1.82, 2.24) is 10.2 Å². The van der Waals surface area contributed by atoms with Crippen LogP contribution in [0.5, 0.6) is 0 Å². The summed E-state index contributed by atoms with van der Waals surface area (Å²) in [5.74, 6) is 0.302. The normalized spacial score (nSPS) is 19.8. The molecule has 0 spiro atoms. The largest absolute Gasteiger partial charge is 0.350 e. The van der Waals surface area contributed by atoms with Gasteiger partial charge >= 0.3 is 0 Å². The van der Waals surface area contributed by atoms with Gasteiger partial charge < -0.3 is 10.2 Å². The first-order valence-corrected chi connectivity index (χ1v) is 6.78. The van der Waals surface area contributed by atoms with Gasteiger partial charge in [-0.3, -0.25) is 4.79 Å². The van der Waals surface area contributed by atoms with E-state index in [1.807, 2.05) is 14.1 Å².